The molecule has 0 saturated carbocycles. The highest BCUT2D eigenvalue weighted by Crippen LogP contribution is 2.22. The molecule has 2 aliphatic rings. The summed E-state index contributed by atoms with van der Waals surface area (Å²) in [6, 6.07) is 0.690. The molecule has 4 unspecified atom stereocenters. The van der Waals surface area contributed by atoms with E-state index in [4.69, 9.17) is 4.74 Å². The zero-order valence-electron chi connectivity index (χ0n) is 11.6. The van der Waals surface area contributed by atoms with E-state index in [1.54, 1.807) is 0 Å². The molecule has 0 amide bonds. The average molecular weight is 240 g/mol. The van der Waals surface area contributed by atoms with Crippen molar-refractivity contribution in [3.63, 3.8) is 0 Å². The molecule has 2 rings (SSSR count). The summed E-state index contributed by atoms with van der Waals surface area (Å²) < 4.78 is 5.59. The van der Waals surface area contributed by atoms with Crippen LogP contribution in [0.4, 0.5) is 0 Å². The van der Waals surface area contributed by atoms with Gasteiger partial charge >= 0.3 is 0 Å². The molecule has 0 aromatic heterocycles. The fraction of sp³-hybridized carbons (Fsp3) is 1.00. The van der Waals surface area contributed by atoms with Gasteiger partial charge in [-0.25, -0.2) is 0 Å². The Balaban J connectivity index is 1.82. The van der Waals surface area contributed by atoms with E-state index in [-0.39, 0.29) is 0 Å². The van der Waals surface area contributed by atoms with Crippen LogP contribution in [-0.4, -0.2) is 50.3 Å². The Hall–Kier alpha value is -0.120. The minimum Gasteiger partial charge on any atom is -0.380 e. The zero-order chi connectivity index (χ0) is 12.3. The first-order valence-corrected chi connectivity index (χ1v) is 7.19. The van der Waals surface area contributed by atoms with Crippen LogP contribution in [-0.2, 0) is 4.74 Å². The lowest BCUT2D eigenvalue weighted by Crippen LogP contribution is -2.52. The molecule has 2 aliphatic heterocycles. The molecule has 1 N–H and O–H groups in total. The summed E-state index contributed by atoms with van der Waals surface area (Å²) in [4.78, 5) is 2.59. The van der Waals surface area contributed by atoms with Crippen molar-refractivity contribution in [2.24, 2.45) is 11.8 Å². The maximum atomic E-state index is 5.59. The monoisotopic (exact) mass is 240 g/mol. The van der Waals surface area contributed by atoms with E-state index in [1.165, 1.54) is 38.9 Å². The van der Waals surface area contributed by atoms with Crippen molar-refractivity contribution < 1.29 is 4.74 Å². The van der Waals surface area contributed by atoms with Crippen LogP contribution in [0.3, 0.4) is 0 Å². The minimum absolute atomic E-state index is 0.433. The Morgan fingerprint density at radius 1 is 1.24 bits per heavy atom. The number of hydrogen-bond donors (Lipinski definition) is 1. The van der Waals surface area contributed by atoms with Crippen molar-refractivity contribution in [3.8, 4) is 0 Å². The molecule has 0 aliphatic carbocycles. The van der Waals surface area contributed by atoms with Gasteiger partial charge in [-0.1, -0.05) is 13.8 Å². The normalized spacial score (nSPS) is 40.4. The van der Waals surface area contributed by atoms with Crippen molar-refractivity contribution >= 4 is 0 Å². The van der Waals surface area contributed by atoms with Crippen LogP contribution in [0.25, 0.3) is 0 Å². The Labute approximate surface area is 106 Å². The summed E-state index contributed by atoms with van der Waals surface area (Å²) >= 11 is 0. The van der Waals surface area contributed by atoms with Gasteiger partial charge in [-0.15, -0.1) is 0 Å². The Morgan fingerprint density at radius 2 is 2.06 bits per heavy atom. The Bertz CT molecular complexity index is 234. The van der Waals surface area contributed by atoms with Crippen LogP contribution < -0.4 is 5.32 Å². The lowest BCUT2D eigenvalue weighted by molar-refractivity contribution is -0.00999. The van der Waals surface area contributed by atoms with Crippen LogP contribution in [0.5, 0.6) is 0 Å². The molecule has 100 valence electrons. The van der Waals surface area contributed by atoms with Crippen LogP contribution in [0.2, 0.25) is 0 Å². The van der Waals surface area contributed by atoms with Crippen molar-refractivity contribution in [1.29, 1.82) is 0 Å². The molecule has 0 aromatic rings. The first-order chi connectivity index (χ1) is 8.20. The van der Waals surface area contributed by atoms with Crippen molar-refractivity contribution in [1.82, 2.24) is 10.2 Å². The summed E-state index contributed by atoms with van der Waals surface area (Å²) in [5.74, 6) is 1.54. The smallest absolute Gasteiger partial charge is 0.0724 e. The molecule has 0 bridgehead atoms. The number of ether oxygens (including phenoxy) is 1. The summed E-state index contributed by atoms with van der Waals surface area (Å²) in [5, 5.41) is 3.68. The number of piperidine rings is 2. The molecule has 2 heterocycles. The van der Waals surface area contributed by atoms with E-state index < -0.39 is 0 Å². The highest BCUT2D eigenvalue weighted by atomic mass is 16.5. The topological polar surface area (TPSA) is 24.5 Å². The largest absolute Gasteiger partial charge is 0.380 e. The number of likely N-dealkylation sites (tertiary alicyclic amines) is 1. The summed E-state index contributed by atoms with van der Waals surface area (Å²) in [5.41, 5.74) is 0. The third kappa shape index (κ3) is 3.43. The quantitative estimate of drug-likeness (QED) is 0.813. The van der Waals surface area contributed by atoms with Gasteiger partial charge in [0.15, 0.2) is 0 Å². The number of nitrogens with zero attached hydrogens (tertiary/aromatic N) is 1. The summed E-state index contributed by atoms with van der Waals surface area (Å²) in [6.07, 6.45) is 4.44. The Morgan fingerprint density at radius 3 is 2.76 bits per heavy atom. The third-order valence-electron chi connectivity index (χ3n) is 4.66. The van der Waals surface area contributed by atoms with Crippen molar-refractivity contribution in [2.45, 2.75) is 45.3 Å². The molecule has 3 nitrogen and oxygen atoms in total. The lowest BCUT2D eigenvalue weighted by atomic mass is 9.90. The second-order valence-corrected chi connectivity index (χ2v) is 5.98. The van der Waals surface area contributed by atoms with Gasteiger partial charge in [0.05, 0.1) is 6.10 Å². The molecule has 2 fully saturated rings. The predicted molar refractivity (Wildman–Crippen MR) is 71.2 cm³/mol. The van der Waals surface area contributed by atoms with E-state index in [0.29, 0.717) is 18.1 Å². The fourth-order valence-corrected chi connectivity index (χ4v) is 3.21. The van der Waals surface area contributed by atoms with Gasteiger partial charge in [-0.3, -0.25) is 4.90 Å². The van der Waals surface area contributed by atoms with Gasteiger partial charge in [0.25, 0.3) is 0 Å². The van der Waals surface area contributed by atoms with Gasteiger partial charge in [-0.2, -0.15) is 0 Å². The van der Waals surface area contributed by atoms with Gasteiger partial charge in [0.1, 0.15) is 0 Å². The van der Waals surface area contributed by atoms with Gasteiger partial charge in [0, 0.05) is 26.2 Å². The maximum absolute atomic E-state index is 5.59. The van der Waals surface area contributed by atoms with Crippen molar-refractivity contribution in [2.75, 3.05) is 33.3 Å². The second-order valence-electron chi connectivity index (χ2n) is 5.98. The molecule has 3 heteroatoms. The van der Waals surface area contributed by atoms with E-state index >= 15 is 0 Å². The van der Waals surface area contributed by atoms with E-state index in [2.05, 4.69) is 24.1 Å². The van der Waals surface area contributed by atoms with Crippen LogP contribution in [0.1, 0.15) is 33.1 Å². The first-order valence-electron chi connectivity index (χ1n) is 7.19. The SMILES string of the molecule is COC1CN(CC2NCCCC2C)CCC1C. The standard InChI is InChI=1S/C14H28N2O/c1-11-5-4-7-15-13(11)9-16-8-6-12(2)14(10-16)17-3/h11-15H,4-10H2,1-3H3. The molecular formula is C14H28N2O. The molecule has 17 heavy (non-hydrogen) atoms. The highest BCUT2D eigenvalue weighted by molar-refractivity contribution is 4.85. The Kier molecular flexibility index (Phi) is 4.83. The fourth-order valence-electron chi connectivity index (χ4n) is 3.21. The minimum atomic E-state index is 0.433. The van der Waals surface area contributed by atoms with Gasteiger partial charge in [0.2, 0.25) is 0 Å². The molecule has 2 saturated heterocycles. The molecule has 0 radical (unpaired) electrons. The lowest BCUT2D eigenvalue weighted by Gasteiger charge is -2.40. The van der Waals surface area contributed by atoms with Gasteiger partial charge in [-0.05, 0) is 44.2 Å². The molecule has 0 aromatic carbocycles. The molecule has 4 atom stereocenters. The van der Waals surface area contributed by atoms with Crippen LogP contribution in [0.15, 0.2) is 0 Å². The number of hydrogen-bond acceptors (Lipinski definition) is 3. The predicted octanol–water partition coefficient (Wildman–Crippen LogP) is 1.73. The van der Waals surface area contributed by atoms with E-state index in [0.717, 1.165) is 12.5 Å². The van der Waals surface area contributed by atoms with E-state index in [1.807, 2.05) is 7.11 Å². The van der Waals surface area contributed by atoms with Crippen molar-refractivity contribution in [3.05, 3.63) is 0 Å². The number of nitrogens with one attached hydrogen (secondary N) is 1. The second kappa shape index (κ2) is 6.17. The molecule has 0 spiro atoms. The van der Waals surface area contributed by atoms with E-state index in [9.17, 15) is 0 Å². The number of methoxy groups -OCH3 is 1. The summed E-state index contributed by atoms with van der Waals surface area (Å²) in [7, 11) is 1.85. The average Bonchev–Trinajstić information content (AvgIpc) is 2.34. The van der Waals surface area contributed by atoms with Gasteiger partial charge < -0.3 is 10.1 Å². The molecular weight excluding hydrogens is 212 g/mol. The third-order valence-corrected chi connectivity index (χ3v) is 4.66. The highest BCUT2D eigenvalue weighted by Gasteiger charge is 2.29. The zero-order valence-corrected chi connectivity index (χ0v) is 11.6. The number of rotatable bonds is 3. The first kappa shape index (κ1) is 13.3. The maximum Gasteiger partial charge on any atom is 0.0724 e. The summed E-state index contributed by atoms with van der Waals surface area (Å²) in [6.45, 7) is 9.46. The van der Waals surface area contributed by atoms with Crippen LogP contribution in [0, 0.1) is 11.8 Å². The van der Waals surface area contributed by atoms with Crippen LogP contribution >= 0.6 is 0 Å².